The van der Waals surface area contributed by atoms with Crippen molar-refractivity contribution in [3.8, 4) is 11.6 Å². The van der Waals surface area contributed by atoms with E-state index in [2.05, 4.69) is 15.2 Å². The van der Waals surface area contributed by atoms with Crippen molar-refractivity contribution in [3.05, 3.63) is 88.1 Å². The number of hydrogen-bond donors (Lipinski definition) is 1. The quantitative estimate of drug-likeness (QED) is 0.405. The third kappa shape index (κ3) is 6.78. The molecule has 33 heavy (non-hydrogen) atoms. The topological polar surface area (TPSA) is 71.5 Å². The number of hydrogen-bond acceptors (Lipinski definition) is 5. The zero-order valence-electron chi connectivity index (χ0n) is 18.6. The Balaban J connectivity index is 1.72. The van der Waals surface area contributed by atoms with Gasteiger partial charge in [0.15, 0.2) is 0 Å². The third-order valence-electron chi connectivity index (χ3n) is 5.07. The summed E-state index contributed by atoms with van der Waals surface area (Å²) in [5.74, 6) is 0.343. The second kappa shape index (κ2) is 11.3. The molecule has 0 aliphatic carbocycles. The first-order chi connectivity index (χ1) is 15.7. The van der Waals surface area contributed by atoms with Gasteiger partial charge in [-0.1, -0.05) is 29.8 Å². The average molecular weight is 486 g/mol. The summed E-state index contributed by atoms with van der Waals surface area (Å²) in [6.45, 7) is 2.73. The molecule has 0 aliphatic heterocycles. The number of aromatic nitrogens is 1. The van der Waals surface area contributed by atoms with Gasteiger partial charge >= 0.3 is 0 Å². The highest BCUT2D eigenvalue weighted by molar-refractivity contribution is 6.67. The molecule has 0 unspecified atom stereocenters. The first-order valence-corrected chi connectivity index (χ1v) is 11.2. The second-order valence-electron chi connectivity index (χ2n) is 7.86. The summed E-state index contributed by atoms with van der Waals surface area (Å²) >= 11 is 11.9. The minimum absolute atomic E-state index is 0.183. The molecule has 3 aromatic rings. The number of nitrogens with zero attached hydrogens (tertiary/aromatic N) is 2. The predicted octanol–water partition coefficient (Wildman–Crippen LogP) is 5.50. The van der Waals surface area contributed by atoms with Gasteiger partial charge in [0.2, 0.25) is 5.88 Å². The number of pyridine rings is 1. The van der Waals surface area contributed by atoms with Crippen molar-refractivity contribution < 1.29 is 14.3 Å². The van der Waals surface area contributed by atoms with Gasteiger partial charge in [-0.25, -0.2) is 4.98 Å². The monoisotopic (exact) mass is 485 g/mol. The molecule has 8 heteroatoms. The molecule has 1 atom stereocenters. The molecule has 0 saturated heterocycles. The van der Waals surface area contributed by atoms with E-state index in [9.17, 15) is 9.59 Å². The van der Waals surface area contributed by atoms with Crippen LogP contribution in [0.1, 0.15) is 44.8 Å². The van der Waals surface area contributed by atoms with E-state index in [-0.39, 0.29) is 17.8 Å². The number of halogens is 2. The van der Waals surface area contributed by atoms with Gasteiger partial charge in [0.1, 0.15) is 11.3 Å². The van der Waals surface area contributed by atoms with Crippen LogP contribution in [0.25, 0.3) is 0 Å². The zero-order chi connectivity index (χ0) is 24.0. The molecule has 0 fully saturated rings. The molecule has 0 spiro atoms. The molecule has 0 radical (unpaired) electrons. The summed E-state index contributed by atoms with van der Waals surface area (Å²) < 4.78 is 5.90. The molecule has 2 aromatic carbocycles. The minimum atomic E-state index is -0.527. The number of carbonyl (C=O) groups is 2. The molecule has 6 nitrogen and oxygen atoms in total. The number of carbonyl (C=O) groups excluding carboxylic acids is 2. The Labute approximate surface area is 203 Å². The smallest absolute Gasteiger partial charge is 0.257 e. The SMILES string of the molecule is C[C@H](NC(=O)c1cccnc1Oc1ccc(CCN(C)C)c(Cl)c1)c1ccc(C(=O)Cl)cc1. The van der Waals surface area contributed by atoms with Crippen LogP contribution in [-0.2, 0) is 6.42 Å². The summed E-state index contributed by atoms with van der Waals surface area (Å²) in [5.41, 5.74) is 2.54. The van der Waals surface area contributed by atoms with Gasteiger partial charge in [-0.15, -0.1) is 0 Å². The maximum absolute atomic E-state index is 12.9. The van der Waals surface area contributed by atoms with Crippen LogP contribution in [-0.4, -0.2) is 41.7 Å². The summed E-state index contributed by atoms with van der Waals surface area (Å²) in [6.07, 6.45) is 2.38. The average Bonchev–Trinajstić information content (AvgIpc) is 2.78. The van der Waals surface area contributed by atoms with Crippen molar-refractivity contribution in [1.29, 1.82) is 0 Å². The maximum atomic E-state index is 12.9. The van der Waals surface area contributed by atoms with Gasteiger partial charge in [0.05, 0.1) is 6.04 Å². The molecule has 0 aliphatic rings. The lowest BCUT2D eigenvalue weighted by atomic mass is 10.1. The fourth-order valence-electron chi connectivity index (χ4n) is 3.16. The van der Waals surface area contributed by atoms with Crippen LogP contribution in [0.15, 0.2) is 60.8 Å². The van der Waals surface area contributed by atoms with E-state index in [1.807, 2.05) is 33.2 Å². The Morgan fingerprint density at radius 3 is 2.48 bits per heavy atom. The molecule has 1 heterocycles. The van der Waals surface area contributed by atoms with E-state index >= 15 is 0 Å². The molecule has 1 N–H and O–H groups in total. The lowest BCUT2D eigenvalue weighted by Gasteiger charge is -2.16. The van der Waals surface area contributed by atoms with Crippen molar-refractivity contribution >= 4 is 34.4 Å². The summed E-state index contributed by atoms with van der Waals surface area (Å²) in [4.78, 5) is 30.5. The predicted molar refractivity (Wildman–Crippen MR) is 131 cm³/mol. The minimum Gasteiger partial charge on any atom is -0.438 e. The van der Waals surface area contributed by atoms with Crippen LogP contribution in [0.5, 0.6) is 11.6 Å². The van der Waals surface area contributed by atoms with Gasteiger partial charge in [-0.3, -0.25) is 9.59 Å². The van der Waals surface area contributed by atoms with E-state index in [4.69, 9.17) is 27.9 Å². The van der Waals surface area contributed by atoms with Gasteiger partial charge < -0.3 is 15.0 Å². The molecule has 1 aromatic heterocycles. The van der Waals surface area contributed by atoms with E-state index in [0.29, 0.717) is 21.9 Å². The van der Waals surface area contributed by atoms with Gasteiger partial charge in [-0.2, -0.15) is 0 Å². The van der Waals surface area contributed by atoms with Gasteiger partial charge in [0.25, 0.3) is 11.1 Å². The Morgan fingerprint density at radius 1 is 1.12 bits per heavy atom. The molecule has 1 amide bonds. The van der Waals surface area contributed by atoms with Crippen molar-refractivity contribution in [2.45, 2.75) is 19.4 Å². The van der Waals surface area contributed by atoms with Gasteiger partial charge in [-0.05, 0) is 86.6 Å². The molecular weight excluding hydrogens is 461 g/mol. The molecule has 3 rings (SSSR count). The highest BCUT2D eigenvalue weighted by Crippen LogP contribution is 2.28. The highest BCUT2D eigenvalue weighted by Gasteiger charge is 2.18. The van der Waals surface area contributed by atoms with Crippen molar-refractivity contribution in [3.63, 3.8) is 0 Å². The number of rotatable bonds is 9. The summed E-state index contributed by atoms with van der Waals surface area (Å²) in [7, 11) is 4.02. The van der Waals surface area contributed by atoms with Crippen LogP contribution in [0, 0.1) is 0 Å². The highest BCUT2D eigenvalue weighted by atomic mass is 35.5. The second-order valence-corrected chi connectivity index (χ2v) is 8.61. The Hall–Kier alpha value is -2.93. The van der Waals surface area contributed by atoms with Crippen LogP contribution in [0.3, 0.4) is 0 Å². The fourth-order valence-corrected chi connectivity index (χ4v) is 3.55. The third-order valence-corrected chi connectivity index (χ3v) is 5.64. The molecule has 172 valence electrons. The van der Waals surface area contributed by atoms with Crippen molar-refractivity contribution in [2.24, 2.45) is 0 Å². The maximum Gasteiger partial charge on any atom is 0.257 e. The number of benzene rings is 2. The Bertz CT molecular complexity index is 1130. The number of nitrogens with one attached hydrogen (secondary N) is 1. The van der Waals surface area contributed by atoms with Crippen LogP contribution in [0.2, 0.25) is 5.02 Å². The molecule has 0 bridgehead atoms. The summed E-state index contributed by atoms with van der Waals surface area (Å²) in [5, 5.41) is 3.00. The zero-order valence-corrected chi connectivity index (χ0v) is 20.2. The van der Waals surface area contributed by atoms with Crippen LogP contribution in [0.4, 0.5) is 0 Å². The van der Waals surface area contributed by atoms with Crippen LogP contribution >= 0.6 is 23.2 Å². The van der Waals surface area contributed by atoms with Gasteiger partial charge in [0, 0.05) is 23.3 Å². The lowest BCUT2D eigenvalue weighted by molar-refractivity contribution is 0.0936. The first-order valence-electron chi connectivity index (χ1n) is 10.4. The summed E-state index contributed by atoms with van der Waals surface area (Å²) in [6, 6.07) is 15.2. The Morgan fingerprint density at radius 2 is 1.85 bits per heavy atom. The number of amides is 1. The van der Waals surface area contributed by atoms with Crippen molar-refractivity contribution in [1.82, 2.24) is 15.2 Å². The van der Waals surface area contributed by atoms with E-state index < -0.39 is 5.24 Å². The first kappa shape index (κ1) is 24.7. The Kier molecular flexibility index (Phi) is 8.44. The van der Waals surface area contributed by atoms with Crippen LogP contribution < -0.4 is 10.1 Å². The van der Waals surface area contributed by atoms with Crippen molar-refractivity contribution in [2.75, 3.05) is 20.6 Å². The van der Waals surface area contributed by atoms with E-state index in [1.54, 1.807) is 48.7 Å². The number of likely N-dealkylation sites (N-methyl/N-ethyl adjacent to an activating group) is 1. The molecule has 0 saturated carbocycles. The van der Waals surface area contributed by atoms with E-state index in [1.165, 1.54) is 0 Å². The lowest BCUT2D eigenvalue weighted by Crippen LogP contribution is -2.27. The normalized spacial score (nSPS) is 11.8. The van der Waals surface area contributed by atoms with E-state index in [0.717, 1.165) is 24.1 Å². The number of ether oxygens (including phenoxy) is 1. The standard InChI is InChI=1S/C25H25Cl2N3O3/c1-16(17-6-8-19(9-7-17)23(27)31)29-24(32)21-5-4-13-28-25(21)33-20-11-10-18(22(26)15-20)12-14-30(2)3/h4-11,13,15-16H,12,14H2,1-3H3,(H,29,32)/t16-/m0/s1. The molecular formula is C25H25Cl2N3O3. The largest absolute Gasteiger partial charge is 0.438 e. The fraction of sp³-hybridized carbons (Fsp3) is 0.240.